The van der Waals surface area contributed by atoms with Gasteiger partial charge in [-0.1, -0.05) is 157 Å². The predicted molar refractivity (Wildman–Crippen MR) is 208 cm³/mol. The van der Waals surface area contributed by atoms with E-state index in [0.717, 1.165) is 22.3 Å². The first-order valence-corrected chi connectivity index (χ1v) is 16.7. The van der Waals surface area contributed by atoms with Crippen molar-refractivity contribution in [3.63, 3.8) is 0 Å². The Morgan fingerprint density at radius 3 is 1.69 bits per heavy atom. The zero-order valence-electron chi connectivity index (χ0n) is 26.8. The molecule has 5 N–H and O–H groups in total. The standard InChI is InChI=1S/C37H25NS.C7H8.H4N2/c38-37(31-14-7-13-30(24-31)29-12-6-11-28(23-29)25-9-2-1-3-10-25)27-21-19-26(20-22-27)32-16-8-18-35-36(32)33-15-4-5-17-34(33)39-35;1-7-5-3-2-4-6-7;1-2/h1-24,38H;2-6H,1H3;1-2H2. The highest BCUT2D eigenvalue weighted by molar-refractivity contribution is 7.25. The maximum atomic E-state index is 9.00. The molecule has 0 aliphatic rings. The first kappa shape index (κ1) is 32.3. The Kier molecular flexibility index (Phi) is 10.3. The molecule has 0 saturated carbocycles. The lowest BCUT2D eigenvalue weighted by Crippen LogP contribution is -2.02. The Hall–Kier alpha value is -5.65. The predicted octanol–water partition coefficient (Wildman–Crippen LogP) is 11.3. The van der Waals surface area contributed by atoms with E-state index in [4.69, 9.17) is 5.41 Å². The average Bonchev–Trinajstić information content (AvgIpc) is 3.56. The average molecular weight is 640 g/mol. The minimum atomic E-state index is 0.529. The molecule has 0 aliphatic carbocycles. The van der Waals surface area contributed by atoms with Crippen LogP contribution in [0, 0.1) is 12.3 Å². The van der Waals surface area contributed by atoms with Gasteiger partial charge in [0.05, 0.1) is 5.71 Å². The maximum absolute atomic E-state index is 9.00. The van der Waals surface area contributed by atoms with Crippen molar-refractivity contribution in [1.29, 1.82) is 5.41 Å². The van der Waals surface area contributed by atoms with Crippen LogP contribution < -0.4 is 11.7 Å². The lowest BCUT2D eigenvalue weighted by Gasteiger charge is -2.10. The smallest absolute Gasteiger partial charge is 0.0684 e. The molecule has 3 nitrogen and oxygen atoms in total. The van der Waals surface area contributed by atoms with Gasteiger partial charge in [-0.2, -0.15) is 0 Å². The zero-order valence-corrected chi connectivity index (χ0v) is 27.6. The summed E-state index contributed by atoms with van der Waals surface area (Å²) in [6.45, 7) is 2.08. The lowest BCUT2D eigenvalue weighted by molar-refractivity contribution is 1.26. The molecule has 0 unspecified atom stereocenters. The molecule has 1 aromatic heterocycles. The molecule has 48 heavy (non-hydrogen) atoms. The molecule has 0 aliphatic heterocycles. The fourth-order valence-electron chi connectivity index (χ4n) is 5.90. The zero-order chi connectivity index (χ0) is 33.3. The van der Waals surface area contributed by atoms with E-state index in [0.29, 0.717) is 5.71 Å². The number of hydrazine groups is 1. The van der Waals surface area contributed by atoms with Crippen LogP contribution in [0.15, 0.2) is 176 Å². The van der Waals surface area contributed by atoms with Gasteiger partial charge in [0.2, 0.25) is 0 Å². The first-order chi connectivity index (χ1) is 23.6. The highest BCUT2D eigenvalue weighted by Gasteiger charge is 2.12. The summed E-state index contributed by atoms with van der Waals surface area (Å²) in [5.74, 6) is 8.00. The topological polar surface area (TPSA) is 75.9 Å². The fraction of sp³-hybridized carbons (Fsp3) is 0.0227. The number of fused-ring (bicyclic) bond motifs is 3. The molecular formula is C44H37N3S. The number of rotatable bonds is 5. The van der Waals surface area contributed by atoms with Crippen LogP contribution in [0.4, 0.5) is 0 Å². The lowest BCUT2D eigenvalue weighted by atomic mass is 9.94. The van der Waals surface area contributed by atoms with Crippen LogP contribution in [-0.2, 0) is 0 Å². The van der Waals surface area contributed by atoms with Gasteiger partial charge >= 0.3 is 0 Å². The summed E-state index contributed by atoms with van der Waals surface area (Å²) >= 11 is 1.84. The van der Waals surface area contributed by atoms with Crippen LogP contribution >= 0.6 is 11.3 Å². The van der Waals surface area contributed by atoms with Gasteiger partial charge in [-0.15, -0.1) is 11.3 Å². The number of hydrogen-bond donors (Lipinski definition) is 3. The van der Waals surface area contributed by atoms with Crippen molar-refractivity contribution in [3.8, 4) is 33.4 Å². The largest absolute Gasteiger partial charge is 0.300 e. The molecule has 1 heterocycles. The fourth-order valence-corrected chi connectivity index (χ4v) is 7.03. The number of thiophene rings is 1. The molecule has 0 amide bonds. The molecule has 234 valence electrons. The van der Waals surface area contributed by atoms with Gasteiger partial charge in [-0.25, -0.2) is 0 Å². The van der Waals surface area contributed by atoms with E-state index in [1.807, 2.05) is 47.7 Å². The van der Waals surface area contributed by atoms with Crippen molar-refractivity contribution in [2.24, 2.45) is 11.7 Å². The molecule has 0 atom stereocenters. The molecule has 0 radical (unpaired) electrons. The molecule has 0 fully saturated rings. The molecule has 7 aromatic carbocycles. The SMILES string of the molecule is Cc1ccccc1.N=C(c1ccc(-c2cccc3sc4ccccc4c23)cc1)c1cccc(-c2cccc(-c3ccccc3)c2)c1.NN. The van der Waals surface area contributed by atoms with Crippen LogP contribution in [0.1, 0.15) is 16.7 Å². The molecule has 0 bridgehead atoms. The van der Waals surface area contributed by atoms with E-state index in [2.05, 4.69) is 158 Å². The summed E-state index contributed by atoms with van der Waals surface area (Å²) in [6.07, 6.45) is 0. The van der Waals surface area contributed by atoms with E-state index in [1.165, 1.54) is 48.0 Å². The third-order valence-electron chi connectivity index (χ3n) is 8.28. The Labute approximate surface area is 286 Å². The van der Waals surface area contributed by atoms with Gasteiger partial charge in [-0.05, 0) is 64.6 Å². The van der Waals surface area contributed by atoms with Crippen molar-refractivity contribution in [2.75, 3.05) is 0 Å². The van der Waals surface area contributed by atoms with E-state index >= 15 is 0 Å². The summed E-state index contributed by atoms with van der Waals surface area (Å²) in [5, 5.41) is 11.6. The van der Waals surface area contributed by atoms with Gasteiger partial charge in [0, 0.05) is 31.3 Å². The second-order valence-corrected chi connectivity index (χ2v) is 12.5. The van der Waals surface area contributed by atoms with Crippen molar-refractivity contribution in [2.45, 2.75) is 6.92 Å². The van der Waals surface area contributed by atoms with Gasteiger partial charge in [-0.3, -0.25) is 17.1 Å². The highest BCUT2D eigenvalue weighted by Crippen LogP contribution is 2.40. The van der Waals surface area contributed by atoms with Gasteiger partial charge in [0.1, 0.15) is 0 Å². The van der Waals surface area contributed by atoms with Gasteiger partial charge in [0.25, 0.3) is 0 Å². The van der Waals surface area contributed by atoms with Crippen molar-refractivity contribution in [3.05, 3.63) is 193 Å². The van der Waals surface area contributed by atoms with Gasteiger partial charge < -0.3 is 0 Å². The van der Waals surface area contributed by atoms with Crippen LogP contribution in [0.2, 0.25) is 0 Å². The molecular weight excluding hydrogens is 603 g/mol. The summed E-state index contributed by atoms with van der Waals surface area (Å²) in [7, 11) is 0. The van der Waals surface area contributed by atoms with Crippen molar-refractivity contribution < 1.29 is 0 Å². The maximum Gasteiger partial charge on any atom is 0.0684 e. The number of aryl methyl sites for hydroxylation is 1. The van der Waals surface area contributed by atoms with Gasteiger partial charge in [0.15, 0.2) is 0 Å². The number of nitrogens with one attached hydrogen (secondary N) is 1. The summed E-state index contributed by atoms with van der Waals surface area (Å²) in [4.78, 5) is 0. The van der Waals surface area contributed by atoms with E-state index in [-0.39, 0.29) is 0 Å². The van der Waals surface area contributed by atoms with E-state index in [1.54, 1.807) is 0 Å². The minimum Gasteiger partial charge on any atom is -0.300 e. The summed E-state index contributed by atoms with van der Waals surface area (Å²) < 4.78 is 2.62. The van der Waals surface area contributed by atoms with Crippen LogP contribution in [0.3, 0.4) is 0 Å². The molecule has 8 aromatic rings. The second-order valence-electron chi connectivity index (χ2n) is 11.4. The Morgan fingerprint density at radius 2 is 1.00 bits per heavy atom. The molecule has 0 saturated heterocycles. The number of benzene rings is 7. The Bertz CT molecular complexity index is 2270. The Balaban J connectivity index is 0.000000393. The first-order valence-electron chi connectivity index (χ1n) is 15.8. The van der Waals surface area contributed by atoms with E-state index < -0.39 is 0 Å². The van der Waals surface area contributed by atoms with Crippen LogP contribution in [-0.4, -0.2) is 5.71 Å². The quantitative estimate of drug-likeness (QED) is 0.0995. The third kappa shape index (κ3) is 7.17. The molecule has 0 spiro atoms. The second kappa shape index (κ2) is 15.3. The third-order valence-corrected chi connectivity index (χ3v) is 9.42. The highest BCUT2D eigenvalue weighted by atomic mass is 32.1. The molecule has 4 heteroatoms. The normalized spacial score (nSPS) is 10.5. The number of hydrogen-bond acceptors (Lipinski definition) is 4. The van der Waals surface area contributed by atoms with Crippen molar-refractivity contribution >= 4 is 37.2 Å². The molecule has 8 rings (SSSR count). The van der Waals surface area contributed by atoms with Crippen molar-refractivity contribution in [1.82, 2.24) is 0 Å². The monoisotopic (exact) mass is 639 g/mol. The van der Waals surface area contributed by atoms with Crippen LogP contribution in [0.5, 0.6) is 0 Å². The Morgan fingerprint density at radius 1 is 0.458 bits per heavy atom. The van der Waals surface area contributed by atoms with E-state index in [9.17, 15) is 0 Å². The summed E-state index contributed by atoms with van der Waals surface area (Å²) in [5.41, 5.74) is 10.7. The van der Waals surface area contributed by atoms with Crippen LogP contribution in [0.25, 0.3) is 53.6 Å². The minimum absolute atomic E-state index is 0.529. The number of nitrogens with two attached hydrogens (primary N) is 2. The summed E-state index contributed by atoms with van der Waals surface area (Å²) in [6, 6.07) is 61.3.